The number of benzene rings is 1. The molecule has 1 heterocycles. The summed E-state index contributed by atoms with van der Waals surface area (Å²) >= 11 is 0. The molecule has 1 amide bonds. The van der Waals surface area contributed by atoms with Gasteiger partial charge in [0.2, 0.25) is 0 Å². The van der Waals surface area contributed by atoms with Crippen molar-refractivity contribution in [3.8, 4) is 11.1 Å². The van der Waals surface area contributed by atoms with Crippen molar-refractivity contribution in [1.29, 1.82) is 0 Å². The Morgan fingerprint density at radius 1 is 1.11 bits per heavy atom. The van der Waals surface area contributed by atoms with Crippen molar-refractivity contribution in [1.82, 2.24) is 10.3 Å². The monoisotopic (exact) mass is 240 g/mol. The summed E-state index contributed by atoms with van der Waals surface area (Å²) in [6.07, 6.45) is 3.35. The van der Waals surface area contributed by atoms with Gasteiger partial charge in [0.05, 0.1) is 5.56 Å². The second kappa shape index (κ2) is 5.45. The molecule has 1 aromatic heterocycles. The molecule has 0 aliphatic carbocycles. The first-order chi connectivity index (χ1) is 8.66. The molecule has 0 bridgehead atoms. The number of pyridine rings is 1. The second-order valence-corrected chi connectivity index (χ2v) is 4.46. The van der Waals surface area contributed by atoms with E-state index >= 15 is 0 Å². The Bertz CT molecular complexity index is 535. The van der Waals surface area contributed by atoms with Crippen molar-refractivity contribution >= 4 is 5.91 Å². The highest BCUT2D eigenvalue weighted by atomic mass is 16.1. The Morgan fingerprint density at radius 3 is 2.50 bits per heavy atom. The molecule has 0 fully saturated rings. The predicted molar refractivity (Wildman–Crippen MR) is 72.3 cm³/mol. The van der Waals surface area contributed by atoms with Gasteiger partial charge in [0.1, 0.15) is 0 Å². The molecule has 0 aliphatic heterocycles. The Labute approximate surface area is 107 Å². The van der Waals surface area contributed by atoms with Crippen LogP contribution in [0.2, 0.25) is 0 Å². The van der Waals surface area contributed by atoms with Crippen LogP contribution in [0.5, 0.6) is 0 Å². The van der Waals surface area contributed by atoms with Gasteiger partial charge in [0.25, 0.3) is 5.91 Å². The van der Waals surface area contributed by atoms with Crippen LogP contribution in [0.1, 0.15) is 24.2 Å². The Hall–Kier alpha value is -2.16. The van der Waals surface area contributed by atoms with Crippen LogP contribution in [0.25, 0.3) is 11.1 Å². The minimum atomic E-state index is -0.0877. The molecule has 92 valence electrons. The average Bonchev–Trinajstić information content (AvgIpc) is 2.39. The highest BCUT2D eigenvalue weighted by Crippen LogP contribution is 2.18. The number of carbonyl (C=O) groups excluding carboxylic acids is 1. The number of hydrogen-bond acceptors (Lipinski definition) is 2. The van der Waals surface area contributed by atoms with E-state index in [4.69, 9.17) is 0 Å². The summed E-state index contributed by atoms with van der Waals surface area (Å²) < 4.78 is 0. The standard InChI is InChI=1S/C15H16N2O/c1-11(2)17-15(18)14-8-13(9-16-10-14)12-6-4-3-5-7-12/h3-11H,1-2H3,(H,17,18). The highest BCUT2D eigenvalue weighted by molar-refractivity contribution is 5.95. The number of hydrogen-bond donors (Lipinski definition) is 1. The summed E-state index contributed by atoms with van der Waals surface area (Å²) in [4.78, 5) is 16.0. The van der Waals surface area contributed by atoms with Crippen LogP contribution in [-0.4, -0.2) is 16.9 Å². The topological polar surface area (TPSA) is 42.0 Å². The maximum atomic E-state index is 11.9. The van der Waals surface area contributed by atoms with Crippen LogP contribution in [0.4, 0.5) is 0 Å². The van der Waals surface area contributed by atoms with Gasteiger partial charge < -0.3 is 5.32 Å². The molecule has 3 nitrogen and oxygen atoms in total. The van der Waals surface area contributed by atoms with Gasteiger partial charge in [0.15, 0.2) is 0 Å². The van der Waals surface area contributed by atoms with Crippen molar-refractivity contribution in [2.24, 2.45) is 0 Å². The van der Waals surface area contributed by atoms with Crippen molar-refractivity contribution in [3.63, 3.8) is 0 Å². The van der Waals surface area contributed by atoms with Gasteiger partial charge in [-0.25, -0.2) is 0 Å². The first-order valence-electron chi connectivity index (χ1n) is 5.98. The van der Waals surface area contributed by atoms with Gasteiger partial charge in [-0.1, -0.05) is 30.3 Å². The minimum absolute atomic E-state index is 0.0877. The van der Waals surface area contributed by atoms with Gasteiger partial charge in [-0.2, -0.15) is 0 Å². The van der Waals surface area contributed by atoms with E-state index in [1.807, 2.05) is 50.2 Å². The molecule has 0 saturated carbocycles. The number of rotatable bonds is 3. The van der Waals surface area contributed by atoms with E-state index < -0.39 is 0 Å². The number of nitrogens with zero attached hydrogens (tertiary/aromatic N) is 1. The molecule has 0 spiro atoms. The van der Waals surface area contributed by atoms with Crippen LogP contribution in [0.15, 0.2) is 48.8 Å². The normalized spacial score (nSPS) is 10.4. The van der Waals surface area contributed by atoms with Gasteiger partial charge in [-0.15, -0.1) is 0 Å². The van der Waals surface area contributed by atoms with E-state index in [0.29, 0.717) is 5.56 Å². The summed E-state index contributed by atoms with van der Waals surface area (Å²) in [5, 5.41) is 2.86. The third-order valence-electron chi connectivity index (χ3n) is 2.53. The molecule has 1 aromatic carbocycles. The lowest BCUT2D eigenvalue weighted by atomic mass is 10.1. The summed E-state index contributed by atoms with van der Waals surface area (Å²) in [6.45, 7) is 3.87. The first-order valence-corrected chi connectivity index (χ1v) is 5.98. The van der Waals surface area contributed by atoms with Crippen LogP contribution >= 0.6 is 0 Å². The van der Waals surface area contributed by atoms with Crippen LogP contribution in [0, 0.1) is 0 Å². The summed E-state index contributed by atoms with van der Waals surface area (Å²) in [5.74, 6) is -0.0877. The van der Waals surface area contributed by atoms with Crippen LogP contribution in [0.3, 0.4) is 0 Å². The Kier molecular flexibility index (Phi) is 3.72. The predicted octanol–water partition coefficient (Wildman–Crippen LogP) is 2.89. The quantitative estimate of drug-likeness (QED) is 0.896. The van der Waals surface area contributed by atoms with Crippen LogP contribution in [-0.2, 0) is 0 Å². The zero-order valence-corrected chi connectivity index (χ0v) is 10.6. The van der Waals surface area contributed by atoms with E-state index in [2.05, 4.69) is 10.3 Å². The third kappa shape index (κ3) is 2.94. The lowest BCUT2D eigenvalue weighted by molar-refractivity contribution is 0.0943. The fourth-order valence-electron chi connectivity index (χ4n) is 1.70. The third-order valence-corrected chi connectivity index (χ3v) is 2.53. The average molecular weight is 240 g/mol. The summed E-state index contributed by atoms with van der Waals surface area (Å²) in [6, 6.07) is 11.9. The molecule has 2 rings (SSSR count). The van der Waals surface area contributed by atoms with E-state index in [-0.39, 0.29) is 11.9 Å². The van der Waals surface area contributed by atoms with Crippen molar-refractivity contribution in [3.05, 3.63) is 54.4 Å². The van der Waals surface area contributed by atoms with E-state index in [9.17, 15) is 4.79 Å². The molecule has 0 aliphatic rings. The fraction of sp³-hybridized carbons (Fsp3) is 0.200. The number of carbonyl (C=O) groups is 1. The SMILES string of the molecule is CC(C)NC(=O)c1cncc(-c2ccccc2)c1. The van der Waals surface area contributed by atoms with Crippen molar-refractivity contribution in [2.45, 2.75) is 19.9 Å². The lowest BCUT2D eigenvalue weighted by Crippen LogP contribution is -2.30. The van der Waals surface area contributed by atoms with Gasteiger partial charge in [0, 0.05) is 24.0 Å². The number of amides is 1. The second-order valence-electron chi connectivity index (χ2n) is 4.46. The van der Waals surface area contributed by atoms with Gasteiger partial charge in [-0.3, -0.25) is 9.78 Å². The minimum Gasteiger partial charge on any atom is -0.350 e. The fourth-order valence-corrected chi connectivity index (χ4v) is 1.70. The smallest absolute Gasteiger partial charge is 0.253 e. The Balaban J connectivity index is 2.28. The molecular formula is C15H16N2O. The van der Waals surface area contributed by atoms with Crippen molar-refractivity contribution in [2.75, 3.05) is 0 Å². The molecular weight excluding hydrogens is 224 g/mol. The molecule has 18 heavy (non-hydrogen) atoms. The van der Waals surface area contributed by atoms with E-state index in [0.717, 1.165) is 11.1 Å². The highest BCUT2D eigenvalue weighted by Gasteiger charge is 2.08. The van der Waals surface area contributed by atoms with Crippen LogP contribution < -0.4 is 5.32 Å². The maximum Gasteiger partial charge on any atom is 0.253 e. The molecule has 1 N–H and O–H groups in total. The zero-order chi connectivity index (χ0) is 13.0. The lowest BCUT2D eigenvalue weighted by Gasteiger charge is -2.09. The number of nitrogens with one attached hydrogen (secondary N) is 1. The van der Waals surface area contributed by atoms with E-state index in [1.54, 1.807) is 12.4 Å². The first kappa shape index (κ1) is 12.3. The number of aromatic nitrogens is 1. The van der Waals surface area contributed by atoms with E-state index in [1.165, 1.54) is 0 Å². The zero-order valence-electron chi connectivity index (χ0n) is 10.6. The molecule has 2 aromatic rings. The Morgan fingerprint density at radius 2 is 1.83 bits per heavy atom. The van der Waals surface area contributed by atoms with Crippen molar-refractivity contribution < 1.29 is 4.79 Å². The molecule has 3 heteroatoms. The summed E-state index contributed by atoms with van der Waals surface area (Å²) in [7, 11) is 0. The maximum absolute atomic E-state index is 11.9. The molecule has 0 unspecified atom stereocenters. The molecule has 0 atom stereocenters. The molecule has 0 radical (unpaired) electrons. The largest absolute Gasteiger partial charge is 0.350 e. The van der Waals surface area contributed by atoms with Gasteiger partial charge >= 0.3 is 0 Å². The van der Waals surface area contributed by atoms with Gasteiger partial charge in [-0.05, 0) is 25.5 Å². The molecule has 0 saturated heterocycles. The summed E-state index contributed by atoms with van der Waals surface area (Å²) in [5.41, 5.74) is 2.60.